The van der Waals surface area contributed by atoms with Crippen LogP contribution in [0.15, 0.2) is 24.3 Å². The number of carboxylic acids is 1. The van der Waals surface area contributed by atoms with E-state index >= 15 is 0 Å². The summed E-state index contributed by atoms with van der Waals surface area (Å²) in [6, 6.07) is 5.36. The van der Waals surface area contributed by atoms with Gasteiger partial charge in [0.25, 0.3) is 0 Å². The monoisotopic (exact) mass is 336 g/mol. The Kier molecular flexibility index (Phi) is 6.78. The predicted molar refractivity (Wildman–Crippen MR) is 88.1 cm³/mol. The van der Waals surface area contributed by atoms with E-state index in [0.29, 0.717) is 11.5 Å². The SMILES string of the molecule is CC(C)Cc1ccc([C@@H](O)[C@@H](NC(=O)OC(C)(C)C)C(=O)[O-])cc1. The van der Waals surface area contributed by atoms with Crippen molar-refractivity contribution in [1.29, 1.82) is 0 Å². The van der Waals surface area contributed by atoms with Crippen LogP contribution in [0.1, 0.15) is 51.8 Å². The van der Waals surface area contributed by atoms with Gasteiger partial charge in [0, 0.05) is 0 Å². The summed E-state index contributed by atoms with van der Waals surface area (Å²) in [4.78, 5) is 23.0. The second-order valence-electron chi connectivity index (χ2n) is 7.23. The molecule has 0 fully saturated rings. The highest BCUT2D eigenvalue weighted by Gasteiger charge is 2.26. The average Bonchev–Trinajstić information content (AvgIpc) is 2.42. The van der Waals surface area contributed by atoms with Gasteiger partial charge in [0.05, 0.1) is 5.97 Å². The molecule has 0 saturated carbocycles. The molecule has 1 amide bonds. The van der Waals surface area contributed by atoms with Crippen LogP contribution < -0.4 is 10.4 Å². The number of aliphatic hydroxyl groups is 1. The van der Waals surface area contributed by atoms with Crippen molar-refractivity contribution in [2.75, 3.05) is 0 Å². The number of carboxylic acid groups (broad SMARTS) is 1. The number of carbonyl (C=O) groups excluding carboxylic acids is 2. The molecule has 0 bridgehead atoms. The van der Waals surface area contributed by atoms with Gasteiger partial charge in [-0.25, -0.2) is 4.79 Å². The molecule has 24 heavy (non-hydrogen) atoms. The standard InChI is InChI=1S/C18H27NO5/c1-11(2)10-12-6-8-13(9-7-12)15(20)14(16(21)22)19-17(23)24-18(3,4)5/h6-9,11,14-15,20H,10H2,1-5H3,(H,19,23)(H,21,22)/p-1/t14-,15-/m1/s1. The Morgan fingerprint density at radius 3 is 2.17 bits per heavy atom. The van der Waals surface area contributed by atoms with Crippen LogP contribution in [0.4, 0.5) is 4.79 Å². The fourth-order valence-corrected chi connectivity index (χ4v) is 2.22. The van der Waals surface area contributed by atoms with Gasteiger partial charge in [-0.1, -0.05) is 38.1 Å². The van der Waals surface area contributed by atoms with Crippen LogP contribution in [0.25, 0.3) is 0 Å². The molecular formula is C18H26NO5-. The maximum Gasteiger partial charge on any atom is 0.408 e. The second kappa shape index (κ2) is 8.15. The van der Waals surface area contributed by atoms with Gasteiger partial charge in [-0.3, -0.25) is 0 Å². The van der Waals surface area contributed by atoms with Crippen LogP contribution in [-0.4, -0.2) is 28.8 Å². The zero-order chi connectivity index (χ0) is 18.5. The number of rotatable bonds is 6. The van der Waals surface area contributed by atoms with Gasteiger partial charge >= 0.3 is 6.09 Å². The van der Waals surface area contributed by atoms with E-state index < -0.39 is 29.8 Å². The third-order valence-electron chi connectivity index (χ3n) is 3.21. The van der Waals surface area contributed by atoms with Crippen molar-refractivity contribution >= 4 is 12.1 Å². The molecule has 0 aliphatic carbocycles. The number of alkyl carbamates (subject to hydrolysis) is 1. The summed E-state index contributed by atoms with van der Waals surface area (Å²) < 4.78 is 5.01. The fourth-order valence-electron chi connectivity index (χ4n) is 2.22. The molecule has 0 radical (unpaired) electrons. The Hall–Kier alpha value is -2.08. The van der Waals surface area contributed by atoms with Crippen molar-refractivity contribution in [1.82, 2.24) is 5.32 Å². The largest absolute Gasteiger partial charge is 0.548 e. The molecule has 0 unspecified atom stereocenters. The Morgan fingerprint density at radius 1 is 1.21 bits per heavy atom. The highest BCUT2D eigenvalue weighted by molar-refractivity contribution is 5.79. The third kappa shape index (κ3) is 6.58. The normalized spacial score (nSPS) is 14.1. The summed E-state index contributed by atoms with van der Waals surface area (Å²) in [7, 11) is 0. The average molecular weight is 336 g/mol. The highest BCUT2D eigenvalue weighted by atomic mass is 16.6. The van der Waals surface area contributed by atoms with Crippen molar-refractivity contribution in [3.8, 4) is 0 Å². The molecule has 1 rings (SSSR count). The van der Waals surface area contributed by atoms with E-state index in [4.69, 9.17) is 4.74 Å². The van der Waals surface area contributed by atoms with Gasteiger partial charge in [0.2, 0.25) is 0 Å². The number of aliphatic hydroxyl groups excluding tert-OH is 1. The molecule has 0 aliphatic heterocycles. The molecular weight excluding hydrogens is 310 g/mol. The number of hydrogen-bond acceptors (Lipinski definition) is 5. The molecule has 0 heterocycles. The van der Waals surface area contributed by atoms with E-state index in [0.717, 1.165) is 12.0 Å². The van der Waals surface area contributed by atoms with Crippen LogP contribution in [0.3, 0.4) is 0 Å². The highest BCUT2D eigenvalue weighted by Crippen LogP contribution is 2.19. The van der Waals surface area contributed by atoms with Gasteiger partial charge in [0.1, 0.15) is 17.7 Å². The summed E-state index contributed by atoms with van der Waals surface area (Å²) in [5.41, 5.74) is 0.697. The van der Waals surface area contributed by atoms with Gasteiger partial charge < -0.3 is 25.1 Å². The molecule has 6 nitrogen and oxygen atoms in total. The van der Waals surface area contributed by atoms with Crippen LogP contribution in [0.5, 0.6) is 0 Å². The Labute approximate surface area is 142 Å². The van der Waals surface area contributed by atoms with Crippen molar-refractivity contribution in [2.45, 2.75) is 58.8 Å². The van der Waals surface area contributed by atoms with Crippen molar-refractivity contribution < 1.29 is 24.5 Å². The van der Waals surface area contributed by atoms with E-state index in [1.54, 1.807) is 32.9 Å². The lowest BCUT2D eigenvalue weighted by molar-refractivity contribution is -0.310. The van der Waals surface area contributed by atoms with Gasteiger partial charge in [0.15, 0.2) is 0 Å². The van der Waals surface area contributed by atoms with E-state index in [-0.39, 0.29) is 0 Å². The van der Waals surface area contributed by atoms with Crippen LogP contribution in [0, 0.1) is 5.92 Å². The number of carbonyl (C=O) groups is 2. The van der Waals surface area contributed by atoms with Gasteiger partial charge in [-0.2, -0.15) is 0 Å². The zero-order valence-corrected chi connectivity index (χ0v) is 14.8. The van der Waals surface area contributed by atoms with Crippen LogP contribution in [-0.2, 0) is 16.0 Å². The molecule has 2 atom stereocenters. The first-order valence-electron chi connectivity index (χ1n) is 7.97. The van der Waals surface area contributed by atoms with Crippen molar-refractivity contribution in [3.63, 3.8) is 0 Å². The first-order chi connectivity index (χ1) is 11.0. The number of hydrogen-bond donors (Lipinski definition) is 2. The third-order valence-corrected chi connectivity index (χ3v) is 3.21. The molecule has 1 aromatic carbocycles. The minimum absolute atomic E-state index is 0.382. The quantitative estimate of drug-likeness (QED) is 0.821. The maximum atomic E-state index is 11.7. The van der Waals surface area contributed by atoms with Crippen LogP contribution >= 0.6 is 0 Å². The molecule has 134 valence electrons. The van der Waals surface area contributed by atoms with Gasteiger partial charge in [-0.15, -0.1) is 0 Å². The molecule has 1 aromatic rings. The fraction of sp³-hybridized carbons (Fsp3) is 0.556. The van der Waals surface area contributed by atoms with E-state index in [9.17, 15) is 19.8 Å². The number of nitrogens with one attached hydrogen (secondary N) is 1. The smallest absolute Gasteiger partial charge is 0.408 e. The number of aliphatic carboxylic acids is 1. The molecule has 0 aliphatic rings. The maximum absolute atomic E-state index is 11.7. The molecule has 2 N–H and O–H groups in total. The summed E-state index contributed by atoms with van der Waals surface area (Å²) in [5, 5.41) is 23.7. The van der Waals surface area contributed by atoms with E-state index in [1.165, 1.54) is 0 Å². The topological polar surface area (TPSA) is 98.7 Å². The second-order valence-corrected chi connectivity index (χ2v) is 7.23. The number of benzene rings is 1. The number of amides is 1. The van der Waals surface area contributed by atoms with E-state index in [2.05, 4.69) is 19.2 Å². The van der Waals surface area contributed by atoms with E-state index in [1.807, 2.05) is 12.1 Å². The Morgan fingerprint density at radius 2 is 1.75 bits per heavy atom. The predicted octanol–water partition coefficient (Wildman–Crippen LogP) is 1.56. The first-order valence-corrected chi connectivity index (χ1v) is 7.97. The minimum atomic E-state index is -1.60. The molecule has 6 heteroatoms. The lowest BCUT2D eigenvalue weighted by atomic mass is 9.97. The Balaban J connectivity index is 2.84. The van der Waals surface area contributed by atoms with Crippen LogP contribution in [0.2, 0.25) is 0 Å². The summed E-state index contributed by atoms with van der Waals surface area (Å²) >= 11 is 0. The lowest BCUT2D eigenvalue weighted by Gasteiger charge is -2.27. The molecule has 0 saturated heterocycles. The van der Waals surface area contributed by atoms with Crippen molar-refractivity contribution in [3.05, 3.63) is 35.4 Å². The molecule has 0 aromatic heterocycles. The van der Waals surface area contributed by atoms with Crippen molar-refractivity contribution in [2.24, 2.45) is 5.92 Å². The number of ether oxygens (including phenoxy) is 1. The summed E-state index contributed by atoms with van der Waals surface area (Å²) in [6.45, 7) is 9.17. The molecule has 0 spiro atoms. The zero-order valence-electron chi connectivity index (χ0n) is 14.8. The summed E-state index contributed by atoms with van der Waals surface area (Å²) in [6.07, 6.45) is -1.47. The lowest BCUT2D eigenvalue weighted by Crippen LogP contribution is -2.52. The Bertz CT molecular complexity index is 560. The first kappa shape index (κ1) is 20.0. The van der Waals surface area contributed by atoms with Gasteiger partial charge in [-0.05, 0) is 44.2 Å². The summed E-state index contributed by atoms with van der Waals surface area (Å²) in [5.74, 6) is -1.09. The minimum Gasteiger partial charge on any atom is -0.548 e.